The van der Waals surface area contributed by atoms with Crippen LogP contribution in [0.25, 0.3) is 0 Å². The number of rotatable bonds is 18. The second-order valence-electron chi connectivity index (χ2n) is 11.5. The summed E-state index contributed by atoms with van der Waals surface area (Å²) in [6.45, 7) is 5.87. The van der Waals surface area contributed by atoms with E-state index in [0.29, 0.717) is 44.5 Å². The molecule has 0 fully saturated rings. The largest absolute Gasteiger partial charge is 0.494 e. The molecule has 2 aromatic carbocycles. The zero-order chi connectivity index (χ0) is 36.3. The number of amides is 2. The first kappa shape index (κ1) is 42.5. The molecule has 0 saturated carbocycles. The molecule has 2 aromatic rings. The summed E-state index contributed by atoms with van der Waals surface area (Å²) in [6.07, 6.45) is -4.68. The van der Waals surface area contributed by atoms with Crippen molar-refractivity contribution in [2.45, 2.75) is 64.7 Å². The Morgan fingerprint density at radius 3 is 1.69 bits per heavy atom. The molecule has 0 aliphatic rings. The summed E-state index contributed by atoms with van der Waals surface area (Å²) in [6, 6.07) is 7.73. The molecule has 0 spiro atoms. The van der Waals surface area contributed by atoms with Gasteiger partial charge in [-0.2, -0.15) is 26.3 Å². The van der Waals surface area contributed by atoms with E-state index >= 15 is 0 Å². The summed E-state index contributed by atoms with van der Waals surface area (Å²) in [7, 11) is 6.63. The first-order chi connectivity index (χ1) is 22.5. The zero-order valence-electron chi connectivity index (χ0n) is 28.7. The highest BCUT2D eigenvalue weighted by Gasteiger charge is 2.34. The van der Waals surface area contributed by atoms with Gasteiger partial charge in [0.05, 0.1) is 37.4 Å². The van der Waals surface area contributed by atoms with E-state index in [1.807, 2.05) is 13.8 Å². The topological polar surface area (TPSA) is 83.1 Å². The molecule has 0 atom stereocenters. The summed E-state index contributed by atoms with van der Waals surface area (Å²) in [5.74, 6) is -0.0240. The fraction of sp³-hybridized carbons (Fsp3) is 0.588. The molecule has 0 bridgehead atoms. The Kier molecular flexibility index (Phi) is 19.0. The Hall–Kier alpha value is -3.52. The molecule has 2 N–H and O–H groups in total. The number of alkyl halides is 6. The second-order valence-corrected chi connectivity index (χ2v) is 11.5. The minimum absolute atomic E-state index is 0.0500. The number of halogens is 6. The summed E-state index contributed by atoms with van der Waals surface area (Å²) >= 11 is 0. The molecular weight excluding hydrogens is 642 g/mol. The Bertz CT molecular complexity index is 1250. The number of unbranched alkanes of at least 4 members (excludes halogenated alkanes) is 2. The molecule has 0 heterocycles. The van der Waals surface area contributed by atoms with Crippen LogP contribution in [-0.4, -0.2) is 89.2 Å². The molecule has 14 heteroatoms. The van der Waals surface area contributed by atoms with Crippen molar-refractivity contribution in [2.75, 3.05) is 67.6 Å². The number of hydrogen-bond acceptors (Lipinski definition) is 6. The second kappa shape index (κ2) is 21.5. The molecule has 48 heavy (non-hydrogen) atoms. The molecule has 0 unspecified atom stereocenters. The Balaban J connectivity index is 0.000000480. The van der Waals surface area contributed by atoms with Crippen molar-refractivity contribution in [3.63, 3.8) is 0 Å². The van der Waals surface area contributed by atoms with Crippen LogP contribution in [0.15, 0.2) is 36.4 Å². The van der Waals surface area contributed by atoms with Crippen molar-refractivity contribution in [1.82, 2.24) is 20.4 Å². The van der Waals surface area contributed by atoms with Crippen molar-refractivity contribution in [1.29, 1.82) is 0 Å². The highest BCUT2D eigenvalue weighted by Crippen LogP contribution is 2.37. The maximum Gasteiger partial charge on any atom is 0.419 e. The molecule has 0 saturated heterocycles. The van der Waals surface area contributed by atoms with Gasteiger partial charge < -0.3 is 29.9 Å². The molecule has 272 valence electrons. The lowest BCUT2D eigenvalue weighted by Crippen LogP contribution is -2.33. The van der Waals surface area contributed by atoms with Gasteiger partial charge in [0.2, 0.25) is 11.8 Å². The van der Waals surface area contributed by atoms with Crippen LogP contribution in [0.1, 0.15) is 61.8 Å². The predicted molar refractivity (Wildman–Crippen MR) is 174 cm³/mol. The van der Waals surface area contributed by atoms with Gasteiger partial charge in [-0.15, -0.1) is 0 Å². The maximum atomic E-state index is 13.0. The van der Waals surface area contributed by atoms with Crippen LogP contribution < -0.4 is 20.1 Å². The summed E-state index contributed by atoms with van der Waals surface area (Å²) < 4.78 is 88.8. The first-order valence-electron chi connectivity index (χ1n) is 16.0. The zero-order valence-corrected chi connectivity index (χ0v) is 28.7. The number of nitrogens with zero attached hydrogens (tertiary/aromatic N) is 2. The highest BCUT2D eigenvalue weighted by molar-refractivity contribution is 5.77. The Labute approximate surface area is 280 Å². The molecule has 2 amide bonds. The Morgan fingerprint density at radius 2 is 1.21 bits per heavy atom. The summed E-state index contributed by atoms with van der Waals surface area (Å²) in [5, 5.41) is 5.91. The number of ether oxygens (including phenoxy) is 2. The lowest BCUT2D eigenvalue weighted by atomic mass is 10.1. The van der Waals surface area contributed by atoms with Crippen molar-refractivity contribution in [2.24, 2.45) is 0 Å². The van der Waals surface area contributed by atoms with E-state index in [2.05, 4.69) is 10.6 Å². The molecule has 2 rings (SSSR count). The third-order valence-corrected chi connectivity index (χ3v) is 6.90. The molecule has 0 aliphatic carbocycles. The molecule has 0 aromatic heterocycles. The molecule has 0 aliphatic heterocycles. The summed E-state index contributed by atoms with van der Waals surface area (Å²) in [4.78, 5) is 25.8. The quantitative estimate of drug-likeness (QED) is 0.143. The smallest absolute Gasteiger partial charge is 0.419 e. The van der Waals surface area contributed by atoms with Crippen molar-refractivity contribution in [3.05, 3.63) is 58.7 Å². The van der Waals surface area contributed by atoms with E-state index in [0.717, 1.165) is 43.0 Å². The van der Waals surface area contributed by atoms with Gasteiger partial charge in [-0.25, -0.2) is 0 Å². The van der Waals surface area contributed by atoms with E-state index in [4.69, 9.17) is 9.47 Å². The van der Waals surface area contributed by atoms with Crippen LogP contribution in [-0.2, 0) is 34.8 Å². The van der Waals surface area contributed by atoms with E-state index in [9.17, 15) is 35.9 Å². The van der Waals surface area contributed by atoms with Gasteiger partial charge in [-0.05, 0) is 80.2 Å². The van der Waals surface area contributed by atoms with Gasteiger partial charge in [0.1, 0.15) is 11.5 Å². The number of benzene rings is 2. The predicted octanol–water partition coefficient (Wildman–Crippen LogP) is 6.21. The van der Waals surface area contributed by atoms with Crippen LogP contribution in [0.5, 0.6) is 11.5 Å². The van der Waals surface area contributed by atoms with Crippen LogP contribution in [0.2, 0.25) is 0 Å². The minimum atomic E-state index is -4.43. The van der Waals surface area contributed by atoms with Gasteiger partial charge in [0, 0.05) is 28.2 Å². The average Bonchev–Trinajstić information content (AvgIpc) is 3.00. The van der Waals surface area contributed by atoms with E-state index in [1.54, 1.807) is 34.3 Å². The number of hydrogen-bond donors (Lipinski definition) is 2. The lowest BCUT2D eigenvalue weighted by Gasteiger charge is -2.15. The number of nitrogens with one attached hydrogen (secondary N) is 2. The minimum Gasteiger partial charge on any atom is -0.494 e. The molecule has 8 nitrogen and oxygen atoms in total. The van der Waals surface area contributed by atoms with Crippen LogP contribution >= 0.6 is 0 Å². The van der Waals surface area contributed by atoms with Crippen molar-refractivity contribution >= 4 is 11.8 Å². The number of carbonyl (C=O) groups excluding carboxylic acids is 2. The van der Waals surface area contributed by atoms with Crippen molar-refractivity contribution < 1.29 is 45.4 Å². The van der Waals surface area contributed by atoms with Gasteiger partial charge in [-0.1, -0.05) is 32.8 Å². The van der Waals surface area contributed by atoms with Gasteiger partial charge in [-0.3, -0.25) is 9.59 Å². The fourth-order valence-corrected chi connectivity index (χ4v) is 3.96. The normalized spacial score (nSPS) is 11.4. The SMILES string of the molecule is CCCCOc1cc(CCNCC(=O)N(C)C)cc(C(F)(F)F)c1.CCCCOc1cc(CCNCC(=O)N(C)C)ccc1C(F)(F)F. The van der Waals surface area contributed by atoms with Crippen LogP contribution in [0.4, 0.5) is 26.3 Å². The van der Waals surface area contributed by atoms with Crippen LogP contribution in [0.3, 0.4) is 0 Å². The molecule has 0 radical (unpaired) electrons. The van der Waals surface area contributed by atoms with Gasteiger partial charge >= 0.3 is 12.4 Å². The van der Waals surface area contributed by atoms with Crippen LogP contribution in [0, 0.1) is 0 Å². The number of carbonyl (C=O) groups is 2. The van der Waals surface area contributed by atoms with E-state index in [-0.39, 0.29) is 43.0 Å². The third-order valence-electron chi connectivity index (χ3n) is 6.90. The first-order valence-corrected chi connectivity index (χ1v) is 16.0. The molecular formula is C34H50F6N4O4. The van der Waals surface area contributed by atoms with Gasteiger partial charge in [0.15, 0.2) is 0 Å². The van der Waals surface area contributed by atoms with Gasteiger partial charge in [0.25, 0.3) is 0 Å². The third kappa shape index (κ3) is 17.0. The lowest BCUT2D eigenvalue weighted by molar-refractivity contribution is -0.139. The number of likely N-dealkylation sites (N-methyl/N-ethyl adjacent to an activating group) is 2. The van der Waals surface area contributed by atoms with Crippen molar-refractivity contribution in [3.8, 4) is 11.5 Å². The standard InChI is InChI=1S/2C17H25F3N2O2/c1-4-5-10-24-15-11-13(6-7-14(15)17(18,19)20)8-9-21-12-16(23)22(2)3;1-4-5-8-24-15-10-13(9-14(11-15)17(18,19)20)6-7-21-12-16(23)22(2)3/h6-7,11,21H,4-5,8-10,12H2,1-3H3;9-11,21H,4-8,12H2,1-3H3. The highest BCUT2D eigenvalue weighted by atomic mass is 19.4. The maximum absolute atomic E-state index is 13.0. The fourth-order valence-electron chi connectivity index (χ4n) is 3.96. The summed E-state index contributed by atoms with van der Waals surface area (Å²) in [5.41, 5.74) is -0.200. The monoisotopic (exact) mass is 692 g/mol. The Morgan fingerprint density at radius 1 is 0.688 bits per heavy atom. The van der Waals surface area contributed by atoms with E-state index < -0.39 is 23.5 Å². The van der Waals surface area contributed by atoms with E-state index in [1.165, 1.54) is 21.9 Å². The average molecular weight is 693 g/mol.